The zero-order valence-electron chi connectivity index (χ0n) is 9.16. The molecule has 14 heavy (non-hydrogen) atoms. The van der Waals surface area contributed by atoms with E-state index >= 15 is 0 Å². The van der Waals surface area contributed by atoms with Crippen molar-refractivity contribution in [2.24, 2.45) is 0 Å². The van der Waals surface area contributed by atoms with Crippen LogP contribution in [0.3, 0.4) is 0 Å². The largest absolute Gasteiger partial charge is 0.394 e. The summed E-state index contributed by atoms with van der Waals surface area (Å²) < 4.78 is 10.4. The van der Waals surface area contributed by atoms with Gasteiger partial charge in [0, 0.05) is 26.8 Å². The third kappa shape index (κ3) is 2.92. The Kier molecular flexibility index (Phi) is 4.81. The van der Waals surface area contributed by atoms with Crippen LogP contribution in [0.2, 0.25) is 0 Å². The van der Waals surface area contributed by atoms with Crippen molar-refractivity contribution in [1.29, 1.82) is 0 Å². The summed E-state index contributed by atoms with van der Waals surface area (Å²) in [6, 6.07) is 0. The molecule has 1 rings (SSSR count). The Hall–Kier alpha value is -0.160. The molecule has 0 bridgehead atoms. The van der Waals surface area contributed by atoms with Crippen molar-refractivity contribution in [1.82, 2.24) is 4.90 Å². The van der Waals surface area contributed by atoms with Gasteiger partial charge in [-0.15, -0.1) is 0 Å². The molecule has 1 fully saturated rings. The Bertz CT molecular complexity index is 165. The number of hydrogen-bond acceptors (Lipinski definition) is 4. The highest BCUT2D eigenvalue weighted by Crippen LogP contribution is 2.19. The highest BCUT2D eigenvalue weighted by Gasteiger charge is 2.33. The Morgan fingerprint density at radius 1 is 1.57 bits per heavy atom. The number of aliphatic hydroxyl groups excluding tert-OH is 1. The molecule has 0 aromatic heterocycles. The normalized spacial score (nSPS) is 29.4. The smallest absolute Gasteiger partial charge is 0.0670 e. The Morgan fingerprint density at radius 2 is 2.36 bits per heavy atom. The minimum atomic E-state index is -0.202. The molecular formula is C10H21NO3. The fourth-order valence-electron chi connectivity index (χ4n) is 1.76. The molecule has 1 heterocycles. The van der Waals surface area contributed by atoms with Gasteiger partial charge in [-0.1, -0.05) is 0 Å². The quantitative estimate of drug-likeness (QED) is 0.644. The van der Waals surface area contributed by atoms with Gasteiger partial charge in [0.05, 0.1) is 25.4 Å². The average molecular weight is 203 g/mol. The van der Waals surface area contributed by atoms with Gasteiger partial charge in [-0.05, 0) is 13.3 Å². The molecular weight excluding hydrogens is 182 g/mol. The first-order valence-corrected chi connectivity index (χ1v) is 5.15. The molecule has 4 nitrogen and oxygen atoms in total. The molecule has 0 saturated carbocycles. The first-order valence-electron chi connectivity index (χ1n) is 5.15. The number of aliphatic hydroxyl groups is 1. The minimum Gasteiger partial charge on any atom is -0.394 e. The molecule has 1 N–H and O–H groups in total. The second-order valence-corrected chi connectivity index (χ2v) is 4.04. The van der Waals surface area contributed by atoms with Crippen molar-refractivity contribution in [2.75, 3.05) is 46.6 Å². The first-order chi connectivity index (χ1) is 6.73. The predicted octanol–water partition coefficient (Wildman–Crippen LogP) is 0.106. The maximum absolute atomic E-state index is 9.32. The van der Waals surface area contributed by atoms with Crippen LogP contribution in [0.5, 0.6) is 0 Å². The molecule has 4 heteroatoms. The number of hydrogen-bond donors (Lipinski definition) is 1. The third-order valence-electron chi connectivity index (χ3n) is 2.80. The van der Waals surface area contributed by atoms with Gasteiger partial charge in [0.25, 0.3) is 0 Å². The molecule has 1 aliphatic rings. The van der Waals surface area contributed by atoms with E-state index in [0.717, 1.165) is 32.7 Å². The van der Waals surface area contributed by atoms with Crippen LogP contribution in [0.25, 0.3) is 0 Å². The molecule has 0 radical (unpaired) electrons. The summed E-state index contributed by atoms with van der Waals surface area (Å²) >= 11 is 0. The van der Waals surface area contributed by atoms with E-state index in [1.165, 1.54) is 0 Å². The summed E-state index contributed by atoms with van der Waals surface area (Å²) in [7, 11) is 1.71. The van der Waals surface area contributed by atoms with E-state index in [4.69, 9.17) is 9.47 Å². The van der Waals surface area contributed by atoms with Crippen LogP contribution >= 0.6 is 0 Å². The lowest BCUT2D eigenvalue weighted by molar-refractivity contribution is -0.0837. The number of morpholine rings is 1. The van der Waals surface area contributed by atoms with Gasteiger partial charge in [-0.3, -0.25) is 4.90 Å². The molecule has 84 valence electrons. The molecule has 0 aromatic carbocycles. The number of methoxy groups -OCH3 is 1. The van der Waals surface area contributed by atoms with Crippen LogP contribution in [-0.2, 0) is 9.47 Å². The molecule has 1 saturated heterocycles. The molecule has 1 atom stereocenters. The van der Waals surface area contributed by atoms with E-state index in [1.807, 2.05) is 6.92 Å². The molecule has 0 aromatic rings. The maximum atomic E-state index is 9.32. The summed E-state index contributed by atoms with van der Waals surface area (Å²) in [5.41, 5.74) is -0.202. The SMILES string of the molecule is COCCCN1CCOCC1(C)CO. The zero-order valence-corrected chi connectivity index (χ0v) is 9.16. The molecule has 1 unspecified atom stereocenters. The highest BCUT2D eigenvalue weighted by atomic mass is 16.5. The van der Waals surface area contributed by atoms with E-state index in [9.17, 15) is 5.11 Å². The summed E-state index contributed by atoms with van der Waals surface area (Å²) in [5.74, 6) is 0. The molecule has 0 aliphatic carbocycles. The first kappa shape index (κ1) is 11.9. The molecule has 1 aliphatic heterocycles. The lowest BCUT2D eigenvalue weighted by atomic mass is 10.0. The summed E-state index contributed by atoms with van der Waals surface area (Å²) in [6.45, 7) is 6.23. The topological polar surface area (TPSA) is 41.9 Å². The van der Waals surface area contributed by atoms with Gasteiger partial charge in [-0.2, -0.15) is 0 Å². The third-order valence-corrected chi connectivity index (χ3v) is 2.80. The maximum Gasteiger partial charge on any atom is 0.0670 e. The monoisotopic (exact) mass is 203 g/mol. The van der Waals surface area contributed by atoms with Crippen molar-refractivity contribution in [2.45, 2.75) is 18.9 Å². The van der Waals surface area contributed by atoms with Crippen LogP contribution in [0.4, 0.5) is 0 Å². The lowest BCUT2D eigenvalue weighted by Gasteiger charge is -2.43. The van der Waals surface area contributed by atoms with E-state index in [-0.39, 0.29) is 12.1 Å². The number of nitrogens with zero attached hydrogens (tertiary/aromatic N) is 1. The Labute approximate surface area is 85.8 Å². The van der Waals surface area contributed by atoms with E-state index < -0.39 is 0 Å². The van der Waals surface area contributed by atoms with Gasteiger partial charge in [0.15, 0.2) is 0 Å². The second kappa shape index (κ2) is 5.66. The van der Waals surface area contributed by atoms with E-state index in [2.05, 4.69) is 4.90 Å². The fourth-order valence-corrected chi connectivity index (χ4v) is 1.76. The second-order valence-electron chi connectivity index (χ2n) is 4.04. The van der Waals surface area contributed by atoms with Crippen molar-refractivity contribution in [3.8, 4) is 0 Å². The average Bonchev–Trinajstić information content (AvgIpc) is 2.21. The van der Waals surface area contributed by atoms with E-state index in [0.29, 0.717) is 6.61 Å². The molecule has 0 amide bonds. The fraction of sp³-hybridized carbons (Fsp3) is 1.00. The molecule has 0 spiro atoms. The number of rotatable bonds is 5. The van der Waals surface area contributed by atoms with Gasteiger partial charge in [-0.25, -0.2) is 0 Å². The minimum absolute atomic E-state index is 0.153. The Balaban J connectivity index is 2.38. The van der Waals surface area contributed by atoms with Gasteiger partial charge in [0.2, 0.25) is 0 Å². The lowest BCUT2D eigenvalue weighted by Crippen LogP contribution is -2.57. The van der Waals surface area contributed by atoms with Crippen LogP contribution in [0, 0.1) is 0 Å². The van der Waals surface area contributed by atoms with Crippen LogP contribution in [0.1, 0.15) is 13.3 Å². The van der Waals surface area contributed by atoms with Crippen molar-refractivity contribution in [3.63, 3.8) is 0 Å². The van der Waals surface area contributed by atoms with Crippen LogP contribution in [0.15, 0.2) is 0 Å². The Morgan fingerprint density at radius 3 is 3.00 bits per heavy atom. The highest BCUT2D eigenvalue weighted by molar-refractivity contribution is 4.88. The zero-order chi connectivity index (χ0) is 10.4. The summed E-state index contributed by atoms with van der Waals surface area (Å²) in [4.78, 5) is 2.29. The number of ether oxygens (including phenoxy) is 2. The van der Waals surface area contributed by atoms with Crippen molar-refractivity contribution < 1.29 is 14.6 Å². The summed E-state index contributed by atoms with van der Waals surface area (Å²) in [5, 5.41) is 9.32. The van der Waals surface area contributed by atoms with Crippen molar-refractivity contribution >= 4 is 0 Å². The standard InChI is InChI=1S/C10H21NO3/c1-10(8-12)9-14-7-5-11(10)4-3-6-13-2/h12H,3-9H2,1-2H3. The van der Waals surface area contributed by atoms with Crippen LogP contribution < -0.4 is 0 Å². The predicted molar refractivity (Wildman–Crippen MR) is 54.4 cm³/mol. The van der Waals surface area contributed by atoms with Gasteiger partial charge < -0.3 is 14.6 Å². The van der Waals surface area contributed by atoms with Crippen molar-refractivity contribution in [3.05, 3.63) is 0 Å². The van der Waals surface area contributed by atoms with Gasteiger partial charge >= 0.3 is 0 Å². The van der Waals surface area contributed by atoms with Gasteiger partial charge in [0.1, 0.15) is 0 Å². The van der Waals surface area contributed by atoms with Crippen LogP contribution in [-0.4, -0.2) is 62.2 Å². The van der Waals surface area contributed by atoms with E-state index in [1.54, 1.807) is 7.11 Å². The summed E-state index contributed by atoms with van der Waals surface area (Å²) in [6.07, 6.45) is 1.01.